The number of rotatable bonds is 4. The highest BCUT2D eigenvalue weighted by Crippen LogP contribution is 2.27. The Labute approximate surface area is 148 Å². The van der Waals surface area contributed by atoms with E-state index in [1.165, 1.54) is 10.8 Å². The van der Waals surface area contributed by atoms with Crippen molar-refractivity contribution in [2.24, 2.45) is 5.92 Å². The van der Waals surface area contributed by atoms with Gasteiger partial charge in [0.15, 0.2) is 0 Å². The molecular formula is C21H24N2O2. The van der Waals surface area contributed by atoms with E-state index in [0.29, 0.717) is 11.8 Å². The first-order valence-electron chi connectivity index (χ1n) is 9.01. The van der Waals surface area contributed by atoms with Gasteiger partial charge in [0.25, 0.3) is 0 Å². The highest BCUT2D eigenvalue weighted by molar-refractivity contribution is 5.86. The number of nitrogens with zero attached hydrogens (tertiary/aromatic N) is 2. The van der Waals surface area contributed by atoms with Gasteiger partial charge >= 0.3 is 0 Å². The monoisotopic (exact) mass is 336 g/mol. The standard InChI is InChI=1S/C21H24N2O2/c1-15-20(13-23-10-4-5-16(12-23)14-24)22-21(25-15)19-9-8-17-6-2-3-7-18(17)11-19/h2-3,6-9,11,16,24H,4-5,10,12-14H2,1H3/t16-/m1/s1. The maximum absolute atomic E-state index is 9.41. The van der Waals surface area contributed by atoms with Crippen LogP contribution in [0, 0.1) is 12.8 Å². The van der Waals surface area contributed by atoms with Gasteiger partial charge in [-0.05, 0) is 55.1 Å². The Morgan fingerprint density at radius 2 is 2.04 bits per heavy atom. The third kappa shape index (κ3) is 3.46. The Hall–Kier alpha value is -2.17. The quantitative estimate of drug-likeness (QED) is 0.782. The van der Waals surface area contributed by atoms with E-state index in [4.69, 9.17) is 9.40 Å². The van der Waals surface area contributed by atoms with Gasteiger partial charge < -0.3 is 9.52 Å². The van der Waals surface area contributed by atoms with Crippen molar-refractivity contribution in [1.82, 2.24) is 9.88 Å². The molecule has 1 aliphatic rings. The van der Waals surface area contributed by atoms with Crippen molar-refractivity contribution >= 4 is 10.8 Å². The van der Waals surface area contributed by atoms with E-state index >= 15 is 0 Å². The third-order valence-electron chi connectivity index (χ3n) is 5.12. The molecule has 1 fully saturated rings. The number of benzene rings is 2. The number of hydrogen-bond donors (Lipinski definition) is 1. The van der Waals surface area contributed by atoms with E-state index in [1.807, 2.05) is 19.1 Å². The van der Waals surface area contributed by atoms with E-state index in [0.717, 1.165) is 49.5 Å². The predicted molar refractivity (Wildman–Crippen MR) is 99.3 cm³/mol. The Morgan fingerprint density at radius 3 is 2.88 bits per heavy atom. The predicted octanol–water partition coefficient (Wildman–Crippen LogP) is 4.01. The molecule has 0 spiro atoms. The van der Waals surface area contributed by atoms with Gasteiger partial charge in [-0.1, -0.05) is 30.3 Å². The van der Waals surface area contributed by atoms with Gasteiger partial charge in [0.05, 0.1) is 5.69 Å². The molecule has 130 valence electrons. The van der Waals surface area contributed by atoms with Crippen LogP contribution in [0.2, 0.25) is 0 Å². The van der Waals surface area contributed by atoms with Gasteiger partial charge in [0.2, 0.25) is 5.89 Å². The first kappa shape index (κ1) is 16.3. The maximum Gasteiger partial charge on any atom is 0.226 e. The molecular weight excluding hydrogens is 312 g/mol. The van der Waals surface area contributed by atoms with E-state index in [1.54, 1.807) is 0 Å². The molecule has 1 aromatic heterocycles. The maximum atomic E-state index is 9.41. The van der Waals surface area contributed by atoms with Crippen molar-refractivity contribution in [1.29, 1.82) is 0 Å². The highest BCUT2D eigenvalue weighted by atomic mass is 16.4. The second-order valence-corrected chi connectivity index (χ2v) is 7.01. The van der Waals surface area contributed by atoms with Crippen LogP contribution in [0.1, 0.15) is 24.3 Å². The highest BCUT2D eigenvalue weighted by Gasteiger charge is 2.21. The van der Waals surface area contributed by atoms with Gasteiger partial charge in [-0.2, -0.15) is 0 Å². The zero-order chi connectivity index (χ0) is 17.2. The SMILES string of the molecule is Cc1oc(-c2ccc3ccccc3c2)nc1CN1CCC[C@@H](CO)C1. The fourth-order valence-electron chi connectivity index (χ4n) is 3.68. The van der Waals surface area contributed by atoms with Crippen LogP contribution in [0.25, 0.3) is 22.2 Å². The summed E-state index contributed by atoms with van der Waals surface area (Å²) in [5, 5.41) is 11.8. The van der Waals surface area contributed by atoms with Gasteiger partial charge in [-0.25, -0.2) is 4.98 Å². The molecule has 1 saturated heterocycles. The fourth-order valence-corrected chi connectivity index (χ4v) is 3.68. The van der Waals surface area contributed by atoms with Gasteiger partial charge in [0, 0.05) is 25.3 Å². The van der Waals surface area contributed by atoms with Gasteiger partial charge in [-0.3, -0.25) is 4.90 Å². The molecule has 1 atom stereocenters. The van der Waals surface area contributed by atoms with Crippen LogP contribution in [-0.2, 0) is 6.54 Å². The topological polar surface area (TPSA) is 49.5 Å². The number of oxazole rings is 1. The molecule has 4 rings (SSSR count). The lowest BCUT2D eigenvalue weighted by Crippen LogP contribution is -2.36. The average Bonchev–Trinajstić information content (AvgIpc) is 3.02. The smallest absolute Gasteiger partial charge is 0.226 e. The van der Waals surface area contributed by atoms with Crippen LogP contribution < -0.4 is 0 Å². The molecule has 0 bridgehead atoms. The Bertz CT molecular complexity index is 871. The molecule has 1 N–H and O–H groups in total. The molecule has 4 heteroatoms. The lowest BCUT2D eigenvalue weighted by molar-refractivity contribution is 0.115. The van der Waals surface area contributed by atoms with E-state index in [-0.39, 0.29) is 6.61 Å². The molecule has 2 heterocycles. The summed E-state index contributed by atoms with van der Waals surface area (Å²) >= 11 is 0. The van der Waals surface area contributed by atoms with Crippen LogP contribution in [0.5, 0.6) is 0 Å². The Morgan fingerprint density at radius 1 is 1.20 bits per heavy atom. The van der Waals surface area contributed by atoms with Crippen molar-refractivity contribution in [3.8, 4) is 11.5 Å². The lowest BCUT2D eigenvalue weighted by Gasteiger charge is -2.31. The normalized spacial score (nSPS) is 18.7. The number of hydrogen-bond acceptors (Lipinski definition) is 4. The second kappa shape index (κ2) is 6.98. The molecule has 0 amide bonds. The van der Waals surface area contributed by atoms with Crippen molar-refractivity contribution in [3.05, 3.63) is 53.9 Å². The van der Waals surface area contributed by atoms with Crippen molar-refractivity contribution < 1.29 is 9.52 Å². The molecule has 0 aliphatic carbocycles. The number of fused-ring (bicyclic) bond motifs is 1. The number of likely N-dealkylation sites (tertiary alicyclic amines) is 1. The van der Waals surface area contributed by atoms with E-state index in [2.05, 4.69) is 35.2 Å². The summed E-state index contributed by atoms with van der Waals surface area (Å²) in [5.74, 6) is 1.96. The minimum Gasteiger partial charge on any atom is -0.441 e. The number of aliphatic hydroxyl groups excluding tert-OH is 1. The zero-order valence-electron chi connectivity index (χ0n) is 14.6. The molecule has 4 nitrogen and oxygen atoms in total. The number of aryl methyl sites for hydroxylation is 1. The summed E-state index contributed by atoms with van der Waals surface area (Å²) in [7, 11) is 0. The van der Waals surface area contributed by atoms with Crippen LogP contribution in [-0.4, -0.2) is 34.7 Å². The molecule has 25 heavy (non-hydrogen) atoms. The zero-order valence-corrected chi connectivity index (χ0v) is 14.6. The summed E-state index contributed by atoms with van der Waals surface area (Å²) in [4.78, 5) is 7.14. The summed E-state index contributed by atoms with van der Waals surface area (Å²) in [6.45, 7) is 5.05. The minimum atomic E-state index is 0.274. The van der Waals surface area contributed by atoms with Crippen LogP contribution in [0.15, 0.2) is 46.9 Å². The average molecular weight is 336 g/mol. The Balaban J connectivity index is 1.56. The second-order valence-electron chi connectivity index (χ2n) is 7.01. The van der Waals surface area contributed by atoms with Crippen LogP contribution in [0.4, 0.5) is 0 Å². The minimum absolute atomic E-state index is 0.274. The molecule has 2 aromatic carbocycles. The third-order valence-corrected chi connectivity index (χ3v) is 5.12. The lowest BCUT2D eigenvalue weighted by atomic mass is 9.99. The van der Waals surface area contributed by atoms with Crippen molar-refractivity contribution in [2.75, 3.05) is 19.7 Å². The van der Waals surface area contributed by atoms with Gasteiger partial charge in [-0.15, -0.1) is 0 Å². The molecule has 0 radical (unpaired) electrons. The fraction of sp³-hybridized carbons (Fsp3) is 0.381. The summed E-state index contributed by atoms with van der Waals surface area (Å²) in [6, 6.07) is 14.6. The first-order valence-corrected chi connectivity index (χ1v) is 9.01. The largest absolute Gasteiger partial charge is 0.441 e. The summed E-state index contributed by atoms with van der Waals surface area (Å²) < 4.78 is 5.96. The van der Waals surface area contributed by atoms with Crippen molar-refractivity contribution in [3.63, 3.8) is 0 Å². The summed E-state index contributed by atoms with van der Waals surface area (Å²) in [5.41, 5.74) is 2.02. The van der Waals surface area contributed by atoms with Crippen LogP contribution >= 0.6 is 0 Å². The molecule has 0 unspecified atom stereocenters. The first-order chi connectivity index (χ1) is 12.2. The number of piperidine rings is 1. The van der Waals surface area contributed by atoms with Gasteiger partial charge in [0.1, 0.15) is 5.76 Å². The number of aromatic nitrogens is 1. The van der Waals surface area contributed by atoms with E-state index < -0.39 is 0 Å². The molecule has 1 aliphatic heterocycles. The Kier molecular flexibility index (Phi) is 4.55. The summed E-state index contributed by atoms with van der Waals surface area (Å²) in [6.07, 6.45) is 2.26. The van der Waals surface area contributed by atoms with E-state index in [9.17, 15) is 5.11 Å². The van der Waals surface area contributed by atoms with Crippen LogP contribution in [0.3, 0.4) is 0 Å². The van der Waals surface area contributed by atoms with Crippen molar-refractivity contribution in [2.45, 2.75) is 26.3 Å². The number of aliphatic hydroxyl groups is 1. The molecule has 3 aromatic rings. The molecule has 0 saturated carbocycles.